The van der Waals surface area contributed by atoms with Gasteiger partial charge in [0.2, 0.25) is 6.10 Å². The number of thiophene rings is 1. The minimum atomic E-state index is -0.658. The highest BCUT2D eigenvalue weighted by atomic mass is 32.1. The van der Waals surface area contributed by atoms with Crippen LogP contribution in [0.15, 0.2) is 41.8 Å². The van der Waals surface area contributed by atoms with E-state index in [-0.39, 0.29) is 18.4 Å². The topological polar surface area (TPSA) is 72.0 Å². The molecule has 31 heavy (non-hydrogen) atoms. The summed E-state index contributed by atoms with van der Waals surface area (Å²) in [7, 11) is 0. The van der Waals surface area contributed by atoms with E-state index < -0.39 is 6.10 Å². The van der Waals surface area contributed by atoms with Crippen molar-refractivity contribution < 1.29 is 19.1 Å². The Labute approximate surface area is 187 Å². The van der Waals surface area contributed by atoms with Crippen LogP contribution in [0.4, 0.5) is 0 Å². The Kier molecular flexibility index (Phi) is 5.37. The first-order chi connectivity index (χ1) is 15.1. The van der Waals surface area contributed by atoms with Crippen molar-refractivity contribution in [3.05, 3.63) is 52.3 Å². The van der Waals surface area contributed by atoms with Gasteiger partial charge in [-0.05, 0) is 30.5 Å². The molecule has 2 aliphatic rings. The number of hydrogen-bond acceptors (Lipinski definition) is 7. The predicted octanol–water partition coefficient (Wildman–Crippen LogP) is 3.30. The van der Waals surface area contributed by atoms with E-state index in [0.717, 1.165) is 15.6 Å². The summed E-state index contributed by atoms with van der Waals surface area (Å²) < 4.78 is 11.5. The zero-order valence-corrected chi connectivity index (χ0v) is 18.6. The molecule has 2 aromatic heterocycles. The number of hydrogen-bond donors (Lipinski definition) is 0. The minimum Gasteiger partial charge on any atom is -0.485 e. The van der Waals surface area contributed by atoms with Crippen LogP contribution in [0.25, 0.3) is 9.88 Å². The van der Waals surface area contributed by atoms with E-state index in [4.69, 9.17) is 9.47 Å². The third-order valence-corrected chi connectivity index (χ3v) is 7.57. The van der Waals surface area contributed by atoms with Gasteiger partial charge in [-0.15, -0.1) is 22.7 Å². The van der Waals surface area contributed by atoms with Crippen LogP contribution < -0.4 is 9.47 Å². The summed E-state index contributed by atoms with van der Waals surface area (Å²) in [5.41, 5.74) is 0.753. The van der Waals surface area contributed by atoms with Crippen molar-refractivity contribution in [2.24, 2.45) is 0 Å². The smallest absolute Gasteiger partial charge is 0.267 e. The number of nitrogens with zero attached hydrogens (tertiary/aromatic N) is 3. The zero-order valence-electron chi connectivity index (χ0n) is 16.9. The predicted molar refractivity (Wildman–Crippen MR) is 119 cm³/mol. The lowest BCUT2D eigenvalue weighted by atomic mass is 10.2. The molecule has 2 amide bonds. The monoisotopic (exact) mass is 455 g/mol. The molecule has 1 aromatic carbocycles. The van der Waals surface area contributed by atoms with Gasteiger partial charge in [-0.25, -0.2) is 4.98 Å². The Bertz CT molecular complexity index is 1100. The summed E-state index contributed by atoms with van der Waals surface area (Å²) in [6.07, 6.45) is -0.658. The van der Waals surface area contributed by atoms with E-state index in [1.807, 2.05) is 42.6 Å². The fourth-order valence-corrected chi connectivity index (χ4v) is 5.55. The van der Waals surface area contributed by atoms with Crippen LogP contribution in [0.3, 0.4) is 0 Å². The number of fused-ring (bicyclic) bond motifs is 1. The Balaban J connectivity index is 1.21. The van der Waals surface area contributed by atoms with Crippen LogP contribution >= 0.6 is 22.7 Å². The summed E-state index contributed by atoms with van der Waals surface area (Å²) in [5, 5.41) is 2.88. The number of rotatable bonds is 3. The molecule has 160 valence electrons. The molecule has 5 rings (SSSR count). The summed E-state index contributed by atoms with van der Waals surface area (Å²) in [5.74, 6) is 1.12. The van der Waals surface area contributed by atoms with Gasteiger partial charge >= 0.3 is 0 Å². The Morgan fingerprint density at radius 1 is 1.03 bits per heavy atom. The van der Waals surface area contributed by atoms with Crippen molar-refractivity contribution in [2.45, 2.75) is 13.0 Å². The lowest BCUT2D eigenvalue weighted by Gasteiger charge is -2.37. The Morgan fingerprint density at radius 3 is 2.52 bits per heavy atom. The number of para-hydroxylation sites is 2. The maximum atomic E-state index is 13.1. The molecule has 1 saturated heterocycles. The number of benzene rings is 1. The molecule has 1 unspecified atom stereocenters. The largest absolute Gasteiger partial charge is 0.485 e. The number of carbonyl (C=O) groups excluding carboxylic acids is 2. The maximum Gasteiger partial charge on any atom is 0.267 e. The first-order valence-corrected chi connectivity index (χ1v) is 11.8. The highest BCUT2D eigenvalue weighted by Gasteiger charge is 2.34. The highest BCUT2D eigenvalue weighted by molar-refractivity contribution is 7.22. The lowest BCUT2D eigenvalue weighted by molar-refractivity contribution is -0.142. The van der Waals surface area contributed by atoms with Crippen molar-refractivity contribution in [1.29, 1.82) is 0 Å². The molecule has 3 aromatic rings. The number of amides is 2. The number of aromatic nitrogens is 1. The van der Waals surface area contributed by atoms with Crippen LogP contribution in [0.1, 0.15) is 15.4 Å². The summed E-state index contributed by atoms with van der Waals surface area (Å²) in [6, 6.07) is 11.3. The van der Waals surface area contributed by atoms with Gasteiger partial charge in [0.05, 0.1) is 10.6 Å². The zero-order chi connectivity index (χ0) is 21.4. The Morgan fingerprint density at radius 2 is 1.77 bits per heavy atom. The fourth-order valence-electron chi connectivity index (χ4n) is 3.72. The minimum absolute atomic E-state index is 0.0175. The van der Waals surface area contributed by atoms with Crippen LogP contribution in [-0.2, 0) is 4.79 Å². The average molecular weight is 456 g/mol. The normalized spacial score (nSPS) is 18.2. The number of piperazine rings is 1. The van der Waals surface area contributed by atoms with Crippen LogP contribution in [0.5, 0.6) is 11.5 Å². The molecule has 1 fully saturated rings. The molecule has 0 radical (unpaired) electrons. The fraction of sp³-hybridized carbons (Fsp3) is 0.318. The highest BCUT2D eigenvalue weighted by Crippen LogP contribution is 2.33. The Hall–Kier alpha value is -2.91. The van der Waals surface area contributed by atoms with Gasteiger partial charge < -0.3 is 19.3 Å². The van der Waals surface area contributed by atoms with Gasteiger partial charge in [-0.3, -0.25) is 9.59 Å². The second kappa shape index (κ2) is 8.32. The molecular weight excluding hydrogens is 434 g/mol. The summed E-state index contributed by atoms with van der Waals surface area (Å²) in [4.78, 5) is 35.9. The van der Waals surface area contributed by atoms with Crippen molar-refractivity contribution in [3.63, 3.8) is 0 Å². The molecule has 0 saturated carbocycles. The molecule has 7 nitrogen and oxygen atoms in total. The van der Waals surface area contributed by atoms with E-state index in [2.05, 4.69) is 4.98 Å². The standard InChI is InChI=1S/C22H21N3O4S2/c1-14-19(31-20(23-14)18-7-4-12-30-18)22(27)25-10-8-24(9-11-25)21(26)17-13-28-15-5-2-3-6-16(15)29-17/h2-7,12,17H,8-11,13H2,1H3. The number of carbonyl (C=O) groups is 2. The summed E-state index contributed by atoms with van der Waals surface area (Å²) in [6.45, 7) is 3.99. The van der Waals surface area contributed by atoms with Gasteiger partial charge in [-0.2, -0.15) is 0 Å². The molecule has 2 aliphatic heterocycles. The van der Waals surface area contributed by atoms with Crippen LogP contribution in [-0.4, -0.2) is 65.5 Å². The van der Waals surface area contributed by atoms with Gasteiger partial charge in [-0.1, -0.05) is 18.2 Å². The molecule has 4 heterocycles. The van der Waals surface area contributed by atoms with Crippen LogP contribution in [0.2, 0.25) is 0 Å². The molecule has 0 aliphatic carbocycles. The van der Waals surface area contributed by atoms with Crippen molar-refractivity contribution in [3.8, 4) is 21.4 Å². The van der Waals surface area contributed by atoms with E-state index in [1.165, 1.54) is 11.3 Å². The SMILES string of the molecule is Cc1nc(-c2cccs2)sc1C(=O)N1CCN(C(=O)C2COc3ccccc3O2)CC1. The molecule has 0 N–H and O–H groups in total. The molecule has 9 heteroatoms. The number of ether oxygens (including phenoxy) is 2. The first-order valence-electron chi connectivity index (χ1n) is 10.1. The van der Waals surface area contributed by atoms with E-state index in [9.17, 15) is 9.59 Å². The molecule has 0 bridgehead atoms. The maximum absolute atomic E-state index is 13.1. The van der Waals surface area contributed by atoms with Gasteiger partial charge in [0, 0.05) is 26.2 Å². The molecular formula is C22H21N3O4S2. The van der Waals surface area contributed by atoms with Gasteiger partial charge in [0.15, 0.2) is 11.5 Å². The van der Waals surface area contributed by atoms with Crippen molar-refractivity contribution in [2.75, 3.05) is 32.8 Å². The third-order valence-electron chi connectivity index (χ3n) is 5.39. The molecule has 0 spiro atoms. The van der Waals surface area contributed by atoms with E-state index in [0.29, 0.717) is 42.6 Å². The van der Waals surface area contributed by atoms with Crippen molar-refractivity contribution >= 4 is 34.5 Å². The second-order valence-electron chi connectivity index (χ2n) is 7.39. The second-order valence-corrected chi connectivity index (χ2v) is 9.34. The summed E-state index contributed by atoms with van der Waals surface area (Å²) >= 11 is 3.05. The van der Waals surface area contributed by atoms with E-state index in [1.54, 1.807) is 27.2 Å². The van der Waals surface area contributed by atoms with E-state index >= 15 is 0 Å². The number of aryl methyl sites for hydroxylation is 1. The van der Waals surface area contributed by atoms with Gasteiger partial charge in [0.1, 0.15) is 16.5 Å². The number of thiazole rings is 1. The first kappa shape index (κ1) is 20.0. The third kappa shape index (κ3) is 3.90. The quantitative estimate of drug-likeness (QED) is 0.606. The average Bonchev–Trinajstić information content (AvgIpc) is 3.48. The molecule has 1 atom stereocenters. The van der Waals surface area contributed by atoms with Crippen molar-refractivity contribution in [1.82, 2.24) is 14.8 Å². The van der Waals surface area contributed by atoms with Crippen LogP contribution in [0, 0.1) is 6.92 Å². The van der Waals surface area contributed by atoms with Gasteiger partial charge in [0.25, 0.3) is 11.8 Å². The lowest BCUT2D eigenvalue weighted by Crippen LogP contribution is -2.55.